The number of benzene rings is 1. The number of carbonyl (C=O) groups excluding carboxylic acids is 1. The minimum atomic E-state index is -1.14. The fourth-order valence-corrected chi connectivity index (χ4v) is 1.84. The number of ether oxygens (including phenoxy) is 1. The molecule has 8 heteroatoms. The van der Waals surface area contributed by atoms with Crippen molar-refractivity contribution in [1.29, 1.82) is 0 Å². The van der Waals surface area contributed by atoms with E-state index in [0.717, 1.165) is 31.0 Å². The van der Waals surface area contributed by atoms with Gasteiger partial charge in [0.05, 0.1) is 11.0 Å². The predicted octanol–water partition coefficient (Wildman–Crippen LogP) is 1.11. The van der Waals surface area contributed by atoms with Gasteiger partial charge in [0.15, 0.2) is 5.75 Å². The second-order valence-electron chi connectivity index (χ2n) is 5.27. The Morgan fingerprint density at radius 3 is 2.81 bits per heavy atom. The van der Waals surface area contributed by atoms with E-state index >= 15 is 0 Å². The summed E-state index contributed by atoms with van der Waals surface area (Å²) in [6.07, 6.45) is 1.89. The summed E-state index contributed by atoms with van der Waals surface area (Å²) in [4.78, 5) is 21.7. The van der Waals surface area contributed by atoms with Crippen molar-refractivity contribution in [3.63, 3.8) is 0 Å². The topological polar surface area (TPSA) is 107 Å². The van der Waals surface area contributed by atoms with Crippen LogP contribution in [0.2, 0.25) is 0 Å². The fourth-order valence-electron chi connectivity index (χ4n) is 1.84. The summed E-state index contributed by atoms with van der Waals surface area (Å²) in [6, 6.07) is 3.18. The van der Waals surface area contributed by atoms with Gasteiger partial charge in [0.2, 0.25) is 5.91 Å². The molecule has 2 rings (SSSR count). The molecule has 0 radical (unpaired) electrons. The van der Waals surface area contributed by atoms with Crippen molar-refractivity contribution in [1.82, 2.24) is 5.32 Å². The van der Waals surface area contributed by atoms with Gasteiger partial charge in [-0.1, -0.05) is 0 Å². The summed E-state index contributed by atoms with van der Waals surface area (Å²) in [6.45, 7) is 1.40. The Kier molecular flexibility index (Phi) is 4.08. The summed E-state index contributed by atoms with van der Waals surface area (Å²) < 4.78 is 18.4. The van der Waals surface area contributed by atoms with Gasteiger partial charge in [0.1, 0.15) is 18.0 Å². The Bertz CT molecular complexity index is 577. The second-order valence-corrected chi connectivity index (χ2v) is 5.27. The lowest BCUT2D eigenvalue weighted by Crippen LogP contribution is -2.57. The lowest BCUT2D eigenvalue weighted by atomic mass is 10.0. The zero-order valence-corrected chi connectivity index (χ0v) is 11.5. The van der Waals surface area contributed by atoms with Gasteiger partial charge < -0.3 is 10.5 Å². The quantitative estimate of drug-likeness (QED) is 0.579. The summed E-state index contributed by atoms with van der Waals surface area (Å²) in [5.74, 6) is -1.45. The zero-order valence-electron chi connectivity index (χ0n) is 11.5. The van der Waals surface area contributed by atoms with E-state index in [0.29, 0.717) is 0 Å². The largest absolute Gasteiger partial charge is 0.484 e. The van der Waals surface area contributed by atoms with E-state index in [4.69, 9.17) is 10.5 Å². The van der Waals surface area contributed by atoms with Crippen molar-refractivity contribution < 1.29 is 18.8 Å². The summed E-state index contributed by atoms with van der Waals surface area (Å²) in [5.41, 5.74) is 3.73. The van der Waals surface area contributed by atoms with Crippen molar-refractivity contribution in [3.05, 3.63) is 34.1 Å². The van der Waals surface area contributed by atoms with E-state index in [1.165, 1.54) is 0 Å². The normalized spacial score (nSPS) is 17.0. The first-order valence-electron chi connectivity index (χ1n) is 6.46. The average Bonchev–Trinajstić information content (AvgIpc) is 3.20. The van der Waals surface area contributed by atoms with Gasteiger partial charge in [-0.05, 0) is 31.9 Å². The summed E-state index contributed by atoms with van der Waals surface area (Å²) in [7, 11) is 0. The van der Waals surface area contributed by atoms with Crippen LogP contribution >= 0.6 is 0 Å². The second kappa shape index (κ2) is 5.65. The van der Waals surface area contributed by atoms with Crippen LogP contribution in [0, 0.1) is 15.9 Å². The number of hydrogen-bond donors (Lipinski definition) is 2. The molecule has 1 aromatic rings. The molecule has 0 aliphatic heterocycles. The number of halogens is 1. The number of rotatable bonds is 7. The fraction of sp³-hybridized carbons (Fsp3) is 0.462. The van der Waals surface area contributed by atoms with Gasteiger partial charge in [-0.3, -0.25) is 20.2 Å². The van der Waals surface area contributed by atoms with E-state index in [1.807, 2.05) is 0 Å². The number of carbonyl (C=O) groups is 1. The molecule has 0 aromatic heterocycles. The highest BCUT2D eigenvalue weighted by molar-refractivity contribution is 5.84. The van der Waals surface area contributed by atoms with E-state index in [9.17, 15) is 19.3 Å². The highest BCUT2D eigenvalue weighted by atomic mass is 19.1. The van der Waals surface area contributed by atoms with Crippen molar-refractivity contribution in [2.45, 2.75) is 31.3 Å². The van der Waals surface area contributed by atoms with Crippen molar-refractivity contribution in [2.24, 2.45) is 5.73 Å². The Balaban J connectivity index is 2.13. The Hall–Kier alpha value is -2.22. The monoisotopic (exact) mass is 297 g/mol. The van der Waals surface area contributed by atoms with Gasteiger partial charge in [-0.15, -0.1) is 0 Å². The number of nitro groups is 1. The Morgan fingerprint density at radius 2 is 2.29 bits per heavy atom. The molecule has 0 heterocycles. The molecular formula is C13H16FN3O4. The van der Waals surface area contributed by atoms with E-state index in [1.54, 1.807) is 6.92 Å². The molecule has 1 aliphatic carbocycles. The molecular weight excluding hydrogens is 281 g/mol. The first-order valence-corrected chi connectivity index (χ1v) is 6.46. The maximum atomic E-state index is 13.0. The van der Waals surface area contributed by atoms with E-state index in [-0.39, 0.29) is 18.4 Å². The third-order valence-corrected chi connectivity index (χ3v) is 3.28. The number of hydrogen-bond acceptors (Lipinski definition) is 5. The van der Waals surface area contributed by atoms with E-state index < -0.39 is 27.9 Å². The maximum absolute atomic E-state index is 13.0. The number of nitrogens with zero attached hydrogens (tertiary/aromatic N) is 1. The molecule has 3 N–H and O–H groups in total. The lowest BCUT2D eigenvalue weighted by Gasteiger charge is -2.27. The molecule has 1 aliphatic rings. The third kappa shape index (κ3) is 3.66. The van der Waals surface area contributed by atoms with Crippen LogP contribution in [0.25, 0.3) is 0 Å². The molecule has 0 bridgehead atoms. The molecule has 114 valence electrons. The molecule has 1 unspecified atom stereocenters. The van der Waals surface area contributed by atoms with Crippen LogP contribution in [0.3, 0.4) is 0 Å². The molecule has 7 nitrogen and oxygen atoms in total. The Morgan fingerprint density at radius 1 is 1.62 bits per heavy atom. The first-order chi connectivity index (χ1) is 9.82. The minimum absolute atomic E-state index is 0.105. The van der Waals surface area contributed by atoms with Gasteiger partial charge in [0, 0.05) is 6.04 Å². The molecule has 0 saturated heterocycles. The molecule has 21 heavy (non-hydrogen) atoms. The first kappa shape index (κ1) is 15.2. The number of nitrogens with two attached hydrogens (primary N) is 1. The highest BCUT2D eigenvalue weighted by Crippen LogP contribution is 2.29. The average molecular weight is 297 g/mol. The molecule has 1 saturated carbocycles. The number of primary amides is 1. The van der Waals surface area contributed by atoms with Gasteiger partial charge in [0.25, 0.3) is 0 Å². The molecule has 0 spiro atoms. The smallest absolute Gasteiger partial charge is 0.313 e. The predicted molar refractivity (Wildman–Crippen MR) is 72.3 cm³/mol. The van der Waals surface area contributed by atoms with Gasteiger partial charge in [-0.25, -0.2) is 4.39 Å². The number of nitro benzene ring substituents is 1. The highest BCUT2D eigenvalue weighted by Gasteiger charge is 2.38. The molecule has 1 amide bonds. The molecule has 1 atom stereocenters. The summed E-state index contributed by atoms with van der Waals surface area (Å²) >= 11 is 0. The van der Waals surface area contributed by atoms with Gasteiger partial charge in [-0.2, -0.15) is 0 Å². The van der Waals surface area contributed by atoms with Crippen molar-refractivity contribution in [2.75, 3.05) is 6.61 Å². The number of nitrogens with one attached hydrogen (secondary N) is 1. The SMILES string of the molecule is CC(COc1ccc(F)cc1[N+](=O)[O-])(NC1CC1)C(N)=O. The zero-order chi connectivity index (χ0) is 15.6. The van der Waals surface area contributed by atoms with Gasteiger partial charge >= 0.3 is 5.69 Å². The molecule has 1 fully saturated rings. The third-order valence-electron chi connectivity index (χ3n) is 3.28. The van der Waals surface area contributed by atoms with Crippen LogP contribution in [0.15, 0.2) is 18.2 Å². The van der Waals surface area contributed by atoms with Crippen molar-refractivity contribution in [3.8, 4) is 5.75 Å². The van der Waals surface area contributed by atoms with Crippen LogP contribution < -0.4 is 15.8 Å². The number of amides is 1. The standard InChI is InChI=1S/C13H16FN3O4/c1-13(12(15)18,16-9-3-4-9)7-21-11-5-2-8(14)6-10(11)17(19)20/h2,5-6,9,16H,3-4,7H2,1H3,(H2,15,18). The van der Waals surface area contributed by atoms with E-state index in [2.05, 4.69) is 5.32 Å². The Labute approximate surface area is 120 Å². The van der Waals surface area contributed by atoms with Crippen LogP contribution in [0.4, 0.5) is 10.1 Å². The van der Waals surface area contributed by atoms with Crippen molar-refractivity contribution >= 4 is 11.6 Å². The van der Waals surface area contributed by atoms with Crippen LogP contribution in [0.5, 0.6) is 5.75 Å². The summed E-state index contributed by atoms with van der Waals surface area (Å²) in [5, 5.41) is 13.9. The maximum Gasteiger partial charge on any atom is 0.313 e. The van der Waals surface area contributed by atoms with Crippen LogP contribution in [-0.2, 0) is 4.79 Å². The molecule has 1 aromatic carbocycles. The lowest BCUT2D eigenvalue weighted by molar-refractivity contribution is -0.386. The van der Waals surface area contributed by atoms with Crippen LogP contribution in [-0.4, -0.2) is 29.0 Å². The minimum Gasteiger partial charge on any atom is -0.484 e. The van der Waals surface area contributed by atoms with Crippen LogP contribution in [0.1, 0.15) is 19.8 Å².